The van der Waals surface area contributed by atoms with Crippen LogP contribution in [0.5, 0.6) is 0 Å². The lowest BCUT2D eigenvalue weighted by atomic mass is 9.52. The Balaban J connectivity index is 1.24. The maximum Gasteiger partial charge on any atom is 0.225 e. The van der Waals surface area contributed by atoms with Gasteiger partial charge in [-0.15, -0.1) is 0 Å². The van der Waals surface area contributed by atoms with Crippen LogP contribution in [0.1, 0.15) is 63.5 Å². The Labute approximate surface area is 189 Å². The molecule has 174 valence electrons. The average Bonchev–Trinajstić information content (AvgIpc) is 3.07. The highest BCUT2D eigenvalue weighted by molar-refractivity contribution is 5.88. The molecule has 2 aromatic heterocycles. The van der Waals surface area contributed by atoms with Crippen LogP contribution >= 0.6 is 0 Å². The minimum Gasteiger partial charge on any atom is -0.396 e. The van der Waals surface area contributed by atoms with Crippen molar-refractivity contribution >= 4 is 22.8 Å². The van der Waals surface area contributed by atoms with E-state index in [4.69, 9.17) is 9.97 Å². The lowest BCUT2D eigenvalue weighted by Crippen LogP contribution is -2.57. The number of aryl methyl sites for hydroxylation is 2. The van der Waals surface area contributed by atoms with Gasteiger partial charge in [0.1, 0.15) is 11.0 Å². The van der Waals surface area contributed by atoms with Gasteiger partial charge in [-0.25, -0.2) is 4.98 Å². The van der Waals surface area contributed by atoms with Crippen LogP contribution < -0.4 is 10.6 Å². The second kappa shape index (κ2) is 7.29. The summed E-state index contributed by atoms with van der Waals surface area (Å²) in [5.41, 5.74) is 2.77. The fourth-order valence-electron chi connectivity index (χ4n) is 7.33. The molecular formula is C24H36N6O2. The molecule has 0 radical (unpaired) electrons. The maximum absolute atomic E-state index is 10.3. The summed E-state index contributed by atoms with van der Waals surface area (Å²) in [6, 6.07) is 0.323. The molecule has 5 aliphatic rings. The maximum atomic E-state index is 10.3. The van der Waals surface area contributed by atoms with Gasteiger partial charge in [0.05, 0.1) is 18.4 Å². The van der Waals surface area contributed by atoms with Gasteiger partial charge in [0, 0.05) is 30.5 Å². The monoisotopic (exact) mass is 440 g/mol. The first kappa shape index (κ1) is 20.7. The zero-order chi connectivity index (χ0) is 22.1. The number of hydrogen-bond donors (Lipinski definition) is 4. The van der Waals surface area contributed by atoms with Crippen LogP contribution in [0.25, 0.3) is 11.0 Å². The molecule has 2 heterocycles. The summed E-state index contributed by atoms with van der Waals surface area (Å²) in [5.74, 6) is 2.77. The number of nitrogens with one attached hydrogen (secondary N) is 2. The average molecular weight is 441 g/mol. The Kier molecular flexibility index (Phi) is 4.70. The van der Waals surface area contributed by atoms with E-state index in [9.17, 15) is 10.2 Å². The number of aliphatic hydroxyl groups excluding tert-OH is 2. The molecule has 1 spiro atoms. The van der Waals surface area contributed by atoms with E-state index in [1.807, 2.05) is 18.7 Å². The van der Waals surface area contributed by atoms with Crippen molar-refractivity contribution in [3.8, 4) is 0 Å². The van der Waals surface area contributed by atoms with E-state index in [-0.39, 0.29) is 23.5 Å². The second-order valence-electron chi connectivity index (χ2n) is 11.3. The van der Waals surface area contributed by atoms with Crippen LogP contribution in [0.3, 0.4) is 0 Å². The number of aliphatic hydroxyl groups is 2. The summed E-state index contributed by atoms with van der Waals surface area (Å²) < 4.78 is 1.86. The van der Waals surface area contributed by atoms with Gasteiger partial charge in [-0.1, -0.05) is 12.8 Å². The Morgan fingerprint density at radius 2 is 1.88 bits per heavy atom. The third-order valence-electron chi connectivity index (χ3n) is 9.44. The van der Waals surface area contributed by atoms with Crippen molar-refractivity contribution in [3.63, 3.8) is 0 Å². The smallest absolute Gasteiger partial charge is 0.225 e. The summed E-state index contributed by atoms with van der Waals surface area (Å²) >= 11 is 0. The highest BCUT2D eigenvalue weighted by Gasteiger charge is 2.54. The SMILES string of the molecule is Cc1nn(C)c2c(NC3CC4(CCC4O)C3)nc(NCC3(CO)CC4CCC3CC4)nc12. The zero-order valence-electron chi connectivity index (χ0n) is 19.3. The summed E-state index contributed by atoms with van der Waals surface area (Å²) in [4.78, 5) is 9.70. The molecule has 5 aliphatic carbocycles. The highest BCUT2D eigenvalue weighted by Crippen LogP contribution is 2.56. The van der Waals surface area contributed by atoms with Crippen molar-refractivity contribution in [1.29, 1.82) is 0 Å². The van der Waals surface area contributed by atoms with Crippen molar-refractivity contribution in [2.75, 3.05) is 23.8 Å². The molecule has 2 aromatic rings. The molecule has 5 fully saturated rings. The van der Waals surface area contributed by atoms with Crippen molar-refractivity contribution in [2.24, 2.45) is 29.7 Å². The van der Waals surface area contributed by atoms with Gasteiger partial charge in [0.2, 0.25) is 5.95 Å². The van der Waals surface area contributed by atoms with Crippen LogP contribution in [0, 0.1) is 29.6 Å². The molecule has 0 amide bonds. The van der Waals surface area contributed by atoms with Crippen molar-refractivity contribution in [1.82, 2.24) is 19.7 Å². The van der Waals surface area contributed by atoms with E-state index in [1.54, 1.807) is 0 Å². The molecule has 0 aliphatic heterocycles. The molecule has 2 atom stereocenters. The normalized spacial score (nSPS) is 38.0. The number of aromatic nitrogens is 4. The van der Waals surface area contributed by atoms with Gasteiger partial charge in [-0.3, -0.25) is 4.68 Å². The minimum atomic E-state index is -0.136. The number of fused-ring (bicyclic) bond motifs is 4. The molecule has 0 aromatic carbocycles. The summed E-state index contributed by atoms with van der Waals surface area (Å²) in [7, 11) is 1.94. The van der Waals surface area contributed by atoms with E-state index >= 15 is 0 Å². The Morgan fingerprint density at radius 1 is 1.09 bits per heavy atom. The third-order valence-corrected chi connectivity index (χ3v) is 9.44. The number of hydrogen-bond acceptors (Lipinski definition) is 7. The third kappa shape index (κ3) is 3.05. The van der Waals surface area contributed by atoms with E-state index in [0.29, 0.717) is 24.5 Å². The highest BCUT2D eigenvalue weighted by atomic mass is 16.3. The lowest BCUT2D eigenvalue weighted by molar-refractivity contribution is -0.121. The van der Waals surface area contributed by atoms with E-state index in [0.717, 1.165) is 60.6 Å². The molecule has 0 saturated heterocycles. The van der Waals surface area contributed by atoms with Gasteiger partial charge in [-0.05, 0) is 63.7 Å². The lowest BCUT2D eigenvalue weighted by Gasteiger charge is -2.57. The van der Waals surface area contributed by atoms with Crippen LogP contribution in [0.15, 0.2) is 0 Å². The molecule has 7 rings (SSSR count). The second-order valence-corrected chi connectivity index (χ2v) is 11.3. The van der Waals surface area contributed by atoms with E-state index < -0.39 is 0 Å². The van der Waals surface area contributed by atoms with E-state index in [1.165, 1.54) is 25.7 Å². The van der Waals surface area contributed by atoms with E-state index in [2.05, 4.69) is 15.7 Å². The first-order valence-electron chi connectivity index (χ1n) is 12.4. The topological polar surface area (TPSA) is 108 Å². The van der Waals surface area contributed by atoms with Gasteiger partial charge in [0.15, 0.2) is 5.82 Å². The van der Waals surface area contributed by atoms with Gasteiger partial charge in [-0.2, -0.15) is 10.1 Å². The first-order chi connectivity index (χ1) is 15.4. The number of nitrogens with zero attached hydrogens (tertiary/aromatic N) is 4. The van der Waals surface area contributed by atoms with Crippen molar-refractivity contribution < 1.29 is 10.2 Å². The summed E-state index contributed by atoms with van der Waals surface area (Å²) in [6.07, 6.45) is 10.1. The Hall–Kier alpha value is -1.93. The van der Waals surface area contributed by atoms with Crippen LogP contribution in [0.4, 0.5) is 11.8 Å². The Bertz CT molecular complexity index is 1020. The largest absolute Gasteiger partial charge is 0.396 e. The number of anilines is 2. The predicted octanol–water partition coefficient (Wildman–Crippen LogP) is 2.99. The fourth-order valence-corrected chi connectivity index (χ4v) is 7.33. The molecule has 32 heavy (non-hydrogen) atoms. The van der Waals surface area contributed by atoms with Gasteiger partial charge in [0.25, 0.3) is 0 Å². The van der Waals surface area contributed by atoms with Crippen molar-refractivity contribution in [2.45, 2.75) is 76.9 Å². The molecule has 5 saturated carbocycles. The molecule has 8 nitrogen and oxygen atoms in total. The predicted molar refractivity (Wildman–Crippen MR) is 123 cm³/mol. The van der Waals surface area contributed by atoms with Crippen LogP contribution in [-0.4, -0.2) is 55.3 Å². The van der Waals surface area contributed by atoms with Crippen LogP contribution in [-0.2, 0) is 7.05 Å². The molecular weight excluding hydrogens is 404 g/mol. The zero-order valence-corrected chi connectivity index (χ0v) is 19.3. The molecule has 2 unspecified atom stereocenters. The van der Waals surface area contributed by atoms with Gasteiger partial charge >= 0.3 is 0 Å². The minimum absolute atomic E-state index is 0.0578. The molecule has 2 bridgehead atoms. The van der Waals surface area contributed by atoms with Gasteiger partial charge < -0.3 is 20.8 Å². The van der Waals surface area contributed by atoms with Crippen LogP contribution in [0.2, 0.25) is 0 Å². The number of rotatable bonds is 6. The standard InChI is InChI=1S/C24H36N6O2/c1-14-19-20(30(2)29-14)21(26-17-10-23(11-17)8-7-18(23)32)28-22(27-19)25-12-24(13-31)9-15-3-5-16(24)6-4-15/h15-18,31-32H,3-13H2,1-2H3,(H2,25,26,27,28). The summed E-state index contributed by atoms with van der Waals surface area (Å²) in [6.45, 7) is 2.93. The fraction of sp³-hybridized carbons (Fsp3) is 0.792. The van der Waals surface area contributed by atoms with Crippen molar-refractivity contribution in [3.05, 3.63) is 5.69 Å². The quantitative estimate of drug-likeness (QED) is 0.547. The Morgan fingerprint density at radius 3 is 2.47 bits per heavy atom. The molecule has 4 N–H and O–H groups in total. The summed E-state index contributed by atoms with van der Waals surface area (Å²) in [5, 5.41) is 32.2. The molecule has 8 heteroatoms. The first-order valence-corrected chi connectivity index (χ1v) is 12.4.